The van der Waals surface area contributed by atoms with Gasteiger partial charge in [0.25, 0.3) is 0 Å². The zero-order valence-electron chi connectivity index (χ0n) is 19.6. The highest BCUT2D eigenvalue weighted by Crippen LogP contribution is 2.36. The van der Waals surface area contributed by atoms with Crippen molar-refractivity contribution in [3.63, 3.8) is 0 Å². The number of nitrogens with one attached hydrogen (secondary N) is 1. The van der Waals surface area contributed by atoms with Crippen molar-refractivity contribution in [1.29, 1.82) is 0 Å². The maximum absolute atomic E-state index is 6.25. The molecule has 0 aromatic heterocycles. The van der Waals surface area contributed by atoms with Crippen LogP contribution >= 0.6 is 0 Å². The molecule has 4 rings (SSSR count). The van der Waals surface area contributed by atoms with Crippen LogP contribution in [0.25, 0.3) is 0 Å². The highest BCUT2D eigenvalue weighted by molar-refractivity contribution is 5.40. The number of hydrogen-bond donors (Lipinski definition) is 1. The predicted octanol–water partition coefficient (Wildman–Crippen LogP) is 5.15. The first kappa shape index (κ1) is 22.2. The van der Waals surface area contributed by atoms with Crippen molar-refractivity contribution in [2.24, 2.45) is 0 Å². The lowest BCUT2D eigenvalue weighted by Crippen LogP contribution is -2.44. The number of methoxy groups -OCH3 is 1. The van der Waals surface area contributed by atoms with Crippen molar-refractivity contribution in [2.45, 2.75) is 77.1 Å². The minimum atomic E-state index is 0.197. The number of nitrogens with zero attached hydrogens (tertiary/aromatic N) is 1. The van der Waals surface area contributed by atoms with E-state index in [4.69, 9.17) is 9.47 Å². The van der Waals surface area contributed by atoms with Gasteiger partial charge in [0.2, 0.25) is 0 Å². The standard InChI is InChI=1S/C27H38N2O2/c1-19(2)29-16-14-22-18-24(30-4)12-13-25(22)27(29)17-21-8-10-23(11-9-21)31-20(3)26-7-5-6-15-28-26/h8-13,18-20,26-28H,5-7,14-17H2,1-4H3. The molecule has 0 aliphatic carbocycles. The summed E-state index contributed by atoms with van der Waals surface area (Å²) in [7, 11) is 1.75. The Balaban J connectivity index is 1.47. The lowest BCUT2D eigenvalue weighted by atomic mass is 9.87. The van der Waals surface area contributed by atoms with Crippen molar-refractivity contribution < 1.29 is 9.47 Å². The number of hydrogen-bond acceptors (Lipinski definition) is 4. The SMILES string of the molecule is COc1ccc2c(c1)CCN(C(C)C)C2Cc1ccc(OC(C)C2CCCCN2)cc1. The van der Waals surface area contributed by atoms with Crippen molar-refractivity contribution in [2.75, 3.05) is 20.2 Å². The van der Waals surface area contributed by atoms with Crippen molar-refractivity contribution in [3.05, 3.63) is 59.2 Å². The van der Waals surface area contributed by atoms with E-state index in [1.54, 1.807) is 7.11 Å². The third-order valence-electron chi connectivity index (χ3n) is 7.00. The average Bonchev–Trinajstić information content (AvgIpc) is 2.80. The molecule has 2 heterocycles. The first-order valence-corrected chi connectivity index (χ1v) is 12.0. The van der Waals surface area contributed by atoms with Gasteiger partial charge in [0, 0.05) is 24.7 Å². The van der Waals surface area contributed by atoms with E-state index in [9.17, 15) is 0 Å². The Morgan fingerprint density at radius 1 is 1.03 bits per heavy atom. The van der Waals surface area contributed by atoms with Crippen LogP contribution in [0.1, 0.15) is 62.8 Å². The van der Waals surface area contributed by atoms with Crippen molar-refractivity contribution >= 4 is 0 Å². The van der Waals surface area contributed by atoms with Crippen molar-refractivity contribution in [1.82, 2.24) is 10.2 Å². The Bertz CT molecular complexity index is 843. The molecule has 0 saturated carbocycles. The third kappa shape index (κ3) is 5.24. The second-order valence-corrected chi connectivity index (χ2v) is 9.39. The lowest BCUT2D eigenvalue weighted by molar-refractivity contribution is 0.141. The molecule has 0 bridgehead atoms. The molecule has 168 valence electrons. The third-order valence-corrected chi connectivity index (χ3v) is 7.00. The van der Waals surface area contributed by atoms with Crippen LogP contribution in [-0.4, -0.2) is 43.3 Å². The van der Waals surface area contributed by atoms with Crippen LogP contribution in [-0.2, 0) is 12.8 Å². The Kier molecular flexibility index (Phi) is 7.19. The van der Waals surface area contributed by atoms with E-state index in [-0.39, 0.29) is 6.10 Å². The maximum atomic E-state index is 6.25. The smallest absolute Gasteiger partial charge is 0.119 e. The summed E-state index contributed by atoms with van der Waals surface area (Å²) in [6.45, 7) is 9.00. The van der Waals surface area contributed by atoms with Crippen LogP contribution in [0.5, 0.6) is 11.5 Å². The Labute approximate surface area is 187 Å². The van der Waals surface area contributed by atoms with Gasteiger partial charge >= 0.3 is 0 Å². The Hall–Kier alpha value is -2.04. The van der Waals surface area contributed by atoms with Gasteiger partial charge in [-0.05, 0) is 94.0 Å². The molecule has 31 heavy (non-hydrogen) atoms. The van der Waals surface area contributed by atoms with E-state index in [0.717, 1.165) is 37.4 Å². The Morgan fingerprint density at radius 3 is 2.48 bits per heavy atom. The van der Waals surface area contributed by atoms with Gasteiger partial charge in [-0.15, -0.1) is 0 Å². The van der Waals surface area contributed by atoms with E-state index in [1.807, 2.05) is 0 Å². The van der Waals surface area contributed by atoms with Crippen LogP contribution in [0.4, 0.5) is 0 Å². The second-order valence-electron chi connectivity index (χ2n) is 9.39. The second kappa shape index (κ2) is 10.1. The fourth-order valence-electron chi connectivity index (χ4n) is 5.18. The summed E-state index contributed by atoms with van der Waals surface area (Å²) in [6.07, 6.45) is 6.07. The molecular weight excluding hydrogens is 384 g/mol. The van der Waals surface area contributed by atoms with E-state index < -0.39 is 0 Å². The normalized spacial score (nSPS) is 22.7. The van der Waals surface area contributed by atoms with Gasteiger partial charge in [0.15, 0.2) is 0 Å². The van der Waals surface area contributed by atoms with Crippen molar-refractivity contribution in [3.8, 4) is 11.5 Å². The molecule has 2 aromatic carbocycles. The maximum Gasteiger partial charge on any atom is 0.119 e. The van der Waals surface area contributed by atoms with E-state index >= 15 is 0 Å². The summed E-state index contributed by atoms with van der Waals surface area (Å²) in [4.78, 5) is 2.63. The molecule has 1 fully saturated rings. The monoisotopic (exact) mass is 422 g/mol. The van der Waals surface area contributed by atoms with Crippen LogP contribution < -0.4 is 14.8 Å². The van der Waals surface area contributed by atoms with Gasteiger partial charge in [-0.3, -0.25) is 4.90 Å². The minimum Gasteiger partial charge on any atom is -0.497 e. The average molecular weight is 423 g/mol. The molecule has 1 N–H and O–H groups in total. The lowest BCUT2D eigenvalue weighted by Gasteiger charge is -2.40. The fraction of sp³-hybridized carbons (Fsp3) is 0.556. The fourth-order valence-corrected chi connectivity index (χ4v) is 5.18. The molecule has 2 aliphatic rings. The van der Waals surface area contributed by atoms with E-state index in [0.29, 0.717) is 18.1 Å². The Morgan fingerprint density at radius 2 is 1.81 bits per heavy atom. The highest BCUT2D eigenvalue weighted by Gasteiger charge is 2.29. The molecule has 4 nitrogen and oxygen atoms in total. The minimum absolute atomic E-state index is 0.197. The summed E-state index contributed by atoms with van der Waals surface area (Å²) in [5.41, 5.74) is 4.23. The number of benzene rings is 2. The largest absolute Gasteiger partial charge is 0.497 e. The number of fused-ring (bicyclic) bond motifs is 1. The number of piperidine rings is 1. The molecule has 0 spiro atoms. The van der Waals surface area contributed by atoms with Crippen LogP contribution in [0.3, 0.4) is 0 Å². The van der Waals surface area contributed by atoms with Gasteiger partial charge < -0.3 is 14.8 Å². The highest BCUT2D eigenvalue weighted by atomic mass is 16.5. The summed E-state index contributed by atoms with van der Waals surface area (Å²) < 4.78 is 11.7. The molecule has 2 aliphatic heterocycles. The quantitative estimate of drug-likeness (QED) is 0.669. The summed E-state index contributed by atoms with van der Waals surface area (Å²) in [6, 6.07) is 16.7. The number of ether oxygens (including phenoxy) is 2. The zero-order chi connectivity index (χ0) is 21.8. The summed E-state index contributed by atoms with van der Waals surface area (Å²) in [5, 5.41) is 3.60. The van der Waals surface area contributed by atoms with E-state index in [2.05, 4.69) is 73.5 Å². The molecule has 3 unspecified atom stereocenters. The molecule has 1 saturated heterocycles. The first-order valence-electron chi connectivity index (χ1n) is 12.0. The van der Waals surface area contributed by atoms with Gasteiger partial charge in [0.05, 0.1) is 7.11 Å². The van der Waals surface area contributed by atoms with Crippen LogP contribution in [0.15, 0.2) is 42.5 Å². The van der Waals surface area contributed by atoms with Gasteiger partial charge in [0.1, 0.15) is 17.6 Å². The van der Waals surface area contributed by atoms with Gasteiger partial charge in [-0.1, -0.05) is 24.6 Å². The summed E-state index contributed by atoms with van der Waals surface area (Å²) in [5.74, 6) is 1.93. The van der Waals surface area contributed by atoms with Crippen LogP contribution in [0.2, 0.25) is 0 Å². The topological polar surface area (TPSA) is 33.7 Å². The molecular formula is C27H38N2O2. The van der Waals surface area contributed by atoms with Gasteiger partial charge in [-0.2, -0.15) is 0 Å². The molecule has 4 heteroatoms. The summed E-state index contributed by atoms with van der Waals surface area (Å²) >= 11 is 0. The van der Waals surface area contributed by atoms with Crippen LogP contribution in [0, 0.1) is 0 Å². The number of rotatable bonds is 7. The molecule has 3 atom stereocenters. The van der Waals surface area contributed by atoms with E-state index in [1.165, 1.54) is 36.0 Å². The molecule has 0 radical (unpaired) electrons. The van der Waals surface area contributed by atoms with Gasteiger partial charge in [-0.25, -0.2) is 0 Å². The zero-order valence-corrected chi connectivity index (χ0v) is 19.6. The molecule has 0 amide bonds. The predicted molar refractivity (Wildman–Crippen MR) is 127 cm³/mol. The molecule has 2 aromatic rings. The first-order chi connectivity index (χ1) is 15.0.